The maximum atomic E-state index is 13.5. The van der Waals surface area contributed by atoms with Crippen LogP contribution >= 0.6 is 23.2 Å². The molecule has 3 amide bonds. The zero-order valence-corrected chi connectivity index (χ0v) is 20.4. The van der Waals surface area contributed by atoms with Gasteiger partial charge in [0.1, 0.15) is 0 Å². The van der Waals surface area contributed by atoms with Gasteiger partial charge in [0, 0.05) is 37.6 Å². The Morgan fingerprint density at radius 2 is 1.58 bits per heavy atom. The van der Waals surface area contributed by atoms with E-state index in [1.807, 2.05) is 17.0 Å². The quantitative estimate of drug-likeness (QED) is 0.515. The third-order valence-corrected chi connectivity index (χ3v) is 7.08. The van der Waals surface area contributed by atoms with Gasteiger partial charge in [0.05, 0.1) is 21.3 Å². The molecule has 2 aromatic rings. The van der Waals surface area contributed by atoms with E-state index in [0.29, 0.717) is 32.9 Å². The smallest absolute Gasteiger partial charge is 0.323 e. The highest BCUT2D eigenvalue weighted by Gasteiger charge is 2.26. The van der Waals surface area contributed by atoms with E-state index in [1.54, 1.807) is 24.3 Å². The Labute approximate surface area is 205 Å². The summed E-state index contributed by atoms with van der Waals surface area (Å²) in [6, 6.07) is 10.1. The Balaban J connectivity index is 1.56. The fraction of sp³-hybridized carbons (Fsp3) is 0.440. The highest BCUT2D eigenvalue weighted by atomic mass is 35.5. The first-order valence-corrected chi connectivity index (χ1v) is 12.4. The molecule has 0 spiro atoms. The Hall–Kier alpha value is -2.44. The number of rotatable bonds is 4. The van der Waals surface area contributed by atoms with Gasteiger partial charge in [0.25, 0.3) is 5.91 Å². The molecule has 2 aromatic carbocycles. The van der Waals surface area contributed by atoms with Gasteiger partial charge in [-0.2, -0.15) is 0 Å². The zero-order valence-electron chi connectivity index (χ0n) is 18.9. The second-order valence-electron chi connectivity index (χ2n) is 8.93. The lowest BCUT2D eigenvalue weighted by Gasteiger charge is -2.34. The summed E-state index contributed by atoms with van der Waals surface area (Å²) in [4.78, 5) is 30.4. The average molecular weight is 489 g/mol. The van der Waals surface area contributed by atoms with Crippen molar-refractivity contribution in [1.29, 1.82) is 0 Å². The van der Waals surface area contributed by atoms with Crippen LogP contribution in [0.5, 0.6) is 0 Å². The molecule has 2 saturated heterocycles. The average Bonchev–Trinajstić information content (AvgIpc) is 2.82. The first-order chi connectivity index (χ1) is 15.9. The number of nitrogens with zero attached hydrogens (tertiary/aromatic N) is 2. The molecular weight excluding hydrogens is 459 g/mol. The molecule has 0 bridgehead atoms. The number of hydrogen-bond donors (Lipinski definition) is 2. The van der Waals surface area contributed by atoms with Crippen LogP contribution in [0.4, 0.5) is 21.9 Å². The number of piperidine rings is 2. The minimum Gasteiger partial charge on any atom is -0.371 e. The second-order valence-corrected chi connectivity index (χ2v) is 9.74. The van der Waals surface area contributed by atoms with Gasteiger partial charge in [0.15, 0.2) is 0 Å². The summed E-state index contributed by atoms with van der Waals surface area (Å²) in [6.45, 7) is 5.64. The lowest BCUT2D eigenvalue weighted by molar-refractivity contribution is 0.0698. The van der Waals surface area contributed by atoms with E-state index >= 15 is 0 Å². The molecule has 0 saturated carbocycles. The van der Waals surface area contributed by atoms with Crippen LogP contribution in [-0.2, 0) is 0 Å². The predicted molar refractivity (Wildman–Crippen MR) is 136 cm³/mol. The molecule has 2 aliphatic rings. The standard InChI is InChI=1S/C25H30Cl2N4O2/c1-17-10-14-31(15-11-17)24(32)19-16-18(8-9-22(19)30-12-3-2-4-13-30)28-25(33)29-23-20(26)6-5-7-21(23)27/h5-9,16-17H,2-4,10-15H2,1H3,(H2,28,29,33). The zero-order chi connectivity index (χ0) is 23.4. The molecule has 0 unspecified atom stereocenters. The maximum Gasteiger partial charge on any atom is 0.323 e. The summed E-state index contributed by atoms with van der Waals surface area (Å²) in [5.74, 6) is 0.671. The van der Waals surface area contributed by atoms with Crippen LogP contribution in [-0.4, -0.2) is 43.0 Å². The molecule has 0 aliphatic carbocycles. The van der Waals surface area contributed by atoms with E-state index < -0.39 is 6.03 Å². The largest absolute Gasteiger partial charge is 0.371 e. The summed E-state index contributed by atoms with van der Waals surface area (Å²) in [7, 11) is 0. The number of amides is 3. The van der Waals surface area contributed by atoms with E-state index in [9.17, 15) is 9.59 Å². The molecule has 2 aliphatic heterocycles. The van der Waals surface area contributed by atoms with Crippen molar-refractivity contribution >= 4 is 52.2 Å². The molecule has 0 aromatic heterocycles. The molecule has 0 radical (unpaired) electrons. The third kappa shape index (κ3) is 5.74. The van der Waals surface area contributed by atoms with Crippen LogP contribution in [0.1, 0.15) is 49.4 Å². The van der Waals surface area contributed by atoms with Crippen LogP contribution in [0.25, 0.3) is 0 Å². The SMILES string of the molecule is CC1CCN(C(=O)c2cc(NC(=O)Nc3c(Cl)cccc3Cl)ccc2N2CCCCC2)CC1. The van der Waals surface area contributed by atoms with Crippen molar-refractivity contribution < 1.29 is 9.59 Å². The first-order valence-electron chi connectivity index (χ1n) is 11.6. The van der Waals surface area contributed by atoms with E-state index in [1.165, 1.54) is 6.42 Å². The summed E-state index contributed by atoms with van der Waals surface area (Å²) in [5, 5.41) is 6.24. The van der Waals surface area contributed by atoms with Crippen LogP contribution in [0, 0.1) is 5.92 Å². The van der Waals surface area contributed by atoms with Crippen LogP contribution in [0.15, 0.2) is 36.4 Å². The van der Waals surface area contributed by atoms with Crippen molar-refractivity contribution in [3.8, 4) is 0 Å². The normalized spacial score (nSPS) is 17.1. The molecule has 4 rings (SSSR count). The van der Waals surface area contributed by atoms with Crippen LogP contribution in [0.3, 0.4) is 0 Å². The monoisotopic (exact) mass is 488 g/mol. The maximum absolute atomic E-state index is 13.5. The minimum absolute atomic E-state index is 0.0284. The molecule has 2 N–H and O–H groups in total. The lowest BCUT2D eigenvalue weighted by Crippen LogP contribution is -2.39. The van der Waals surface area contributed by atoms with Gasteiger partial charge in [-0.25, -0.2) is 4.79 Å². The van der Waals surface area contributed by atoms with Gasteiger partial charge in [-0.3, -0.25) is 4.79 Å². The molecule has 0 atom stereocenters. The van der Waals surface area contributed by atoms with Crippen molar-refractivity contribution in [3.63, 3.8) is 0 Å². The van der Waals surface area contributed by atoms with Gasteiger partial charge in [-0.15, -0.1) is 0 Å². The van der Waals surface area contributed by atoms with Gasteiger partial charge in [-0.1, -0.05) is 36.2 Å². The fourth-order valence-corrected chi connectivity index (χ4v) is 4.96. The summed E-state index contributed by atoms with van der Waals surface area (Å²) in [5.41, 5.74) is 2.48. The number of anilines is 3. The number of carbonyl (C=O) groups is 2. The van der Waals surface area contributed by atoms with Gasteiger partial charge in [-0.05, 0) is 68.4 Å². The topological polar surface area (TPSA) is 64.7 Å². The Morgan fingerprint density at radius 1 is 0.909 bits per heavy atom. The number of carbonyl (C=O) groups excluding carboxylic acids is 2. The van der Waals surface area contributed by atoms with Crippen molar-refractivity contribution in [2.45, 2.75) is 39.0 Å². The summed E-state index contributed by atoms with van der Waals surface area (Å²) < 4.78 is 0. The van der Waals surface area contributed by atoms with Crippen LogP contribution < -0.4 is 15.5 Å². The molecule has 6 nitrogen and oxygen atoms in total. The van der Waals surface area contributed by atoms with Gasteiger partial charge in [0.2, 0.25) is 0 Å². The van der Waals surface area contributed by atoms with Crippen molar-refractivity contribution in [3.05, 3.63) is 52.0 Å². The van der Waals surface area contributed by atoms with E-state index in [0.717, 1.165) is 57.5 Å². The van der Waals surface area contributed by atoms with Crippen molar-refractivity contribution in [2.24, 2.45) is 5.92 Å². The number of halogens is 2. The van der Waals surface area contributed by atoms with Gasteiger partial charge < -0.3 is 20.4 Å². The fourth-order valence-electron chi connectivity index (χ4n) is 4.47. The number of para-hydroxylation sites is 1. The molecule has 176 valence electrons. The molecule has 33 heavy (non-hydrogen) atoms. The predicted octanol–water partition coefficient (Wildman–Crippen LogP) is 6.50. The molecule has 2 heterocycles. The number of nitrogens with one attached hydrogen (secondary N) is 2. The van der Waals surface area contributed by atoms with E-state index in [2.05, 4.69) is 22.5 Å². The van der Waals surface area contributed by atoms with Crippen molar-refractivity contribution in [1.82, 2.24) is 4.90 Å². The highest BCUT2D eigenvalue weighted by Crippen LogP contribution is 2.31. The van der Waals surface area contributed by atoms with Crippen LogP contribution in [0.2, 0.25) is 10.0 Å². The molecule has 8 heteroatoms. The third-order valence-electron chi connectivity index (χ3n) is 6.45. The summed E-state index contributed by atoms with van der Waals surface area (Å²) >= 11 is 12.3. The van der Waals surface area contributed by atoms with Crippen molar-refractivity contribution in [2.75, 3.05) is 41.7 Å². The van der Waals surface area contributed by atoms with E-state index in [-0.39, 0.29) is 5.91 Å². The number of likely N-dealkylation sites (tertiary alicyclic amines) is 1. The number of urea groups is 1. The Morgan fingerprint density at radius 3 is 2.24 bits per heavy atom. The molecule has 2 fully saturated rings. The molecular formula is C25H30Cl2N4O2. The Kier molecular flexibility index (Phi) is 7.66. The van der Waals surface area contributed by atoms with E-state index in [4.69, 9.17) is 23.2 Å². The summed E-state index contributed by atoms with van der Waals surface area (Å²) in [6.07, 6.45) is 5.49. The Bertz CT molecular complexity index is 995. The van der Waals surface area contributed by atoms with Gasteiger partial charge >= 0.3 is 6.03 Å². The first kappa shape index (κ1) is 23.7. The number of hydrogen-bond acceptors (Lipinski definition) is 3. The lowest BCUT2D eigenvalue weighted by atomic mass is 9.98. The number of benzene rings is 2. The second kappa shape index (κ2) is 10.7. The minimum atomic E-state index is -0.471. The highest BCUT2D eigenvalue weighted by molar-refractivity contribution is 6.39.